The highest BCUT2D eigenvalue weighted by molar-refractivity contribution is 7.92. The van der Waals surface area contributed by atoms with Gasteiger partial charge in [0.25, 0.3) is 0 Å². The van der Waals surface area contributed by atoms with Crippen LogP contribution >= 0.6 is 0 Å². The Labute approximate surface area is 132 Å². The van der Waals surface area contributed by atoms with Crippen LogP contribution in [-0.2, 0) is 27.8 Å². The largest absolute Gasteiger partial charge is 0.354 e. The number of hydrogen-bond acceptors (Lipinski definition) is 5. The Hall–Kier alpha value is -2.49. The SMILES string of the molecule is CS(=O)(=O)Nc1cn(CC(=O)NCCc2ccc(F)cc2)nn1. The predicted molar refractivity (Wildman–Crippen MR) is 81.6 cm³/mol. The zero-order chi connectivity index (χ0) is 16.9. The van der Waals surface area contributed by atoms with E-state index in [4.69, 9.17) is 0 Å². The molecule has 2 N–H and O–H groups in total. The molecular weight excluding hydrogens is 325 g/mol. The number of rotatable bonds is 7. The Kier molecular flexibility index (Phi) is 5.27. The summed E-state index contributed by atoms with van der Waals surface area (Å²) in [5, 5.41) is 9.94. The molecule has 0 aliphatic rings. The van der Waals surface area contributed by atoms with Gasteiger partial charge in [-0.25, -0.2) is 17.5 Å². The molecule has 0 fully saturated rings. The van der Waals surface area contributed by atoms with E-state index in [1.54, 1.807) is 12.1 Å². The van der Waals surface area contributed by atoms with Gasteiger partial charge in [0.15, 0.2) is 5.82 Å². The molecule has 0 radical (unpaired) electrons. The maximum Gasteiger partial charge on any atom is 0.241 e. The van der Waals surface area contributed by atoms with Crippen LogP contribution in [0.15, 0.2) is 30.5 Å². The van der Waals surface area contributed by atoms with Crippen LogP contribution < -0.4 is 10.0 Å². The summed E-state index contributed by atoms with van der Waals surface area (Å²) in [5.74, 6) is -0.544. The fourth-order valence-corrected chi connectivity index (χ4v) is 2.29. The minimum absolute atomic E-state index is 0.0478. The highest BCUT2D eigenvalue weighted by Crippen LogP contribution is 2.03. The van der Waals surface area contributed by atoms with Gasteiger partial charge in [-0.3, -0.25) is 9.52 Å². The second-order valence-electron chi connectivity index (χ2n) is 4.90. The quantitative estimate of drug-likeness (QED) is 0.745. The van der Waals surface area contributed by atoms with Gasteiger partial charge in [0.05, 0.1) is 12.5 Å². The molecule has 10 heteroatoms. The molecule has 0 bridgehead atoms. The first kappa shape index (κ1) is 16.9. The minimum Gasteiger partial charge on any atom is -0.354 e. The second-order valence-corrected chi connectivity index (χ2v) is 6.65. The highest BCUT2D eigenvalue weighted by atomic mass is 32.2. The van der Waals surface area contributed by atoms with Crippen LogP contribution in [0.1, 0.15) is 5.56 Å². The average molecular weight is 341 g/mol. The van der Waals surface area contributed by atoms with Crippen LogP contribution in [0.4, 0.5) is 10.2 Å². The molecule has 1 aromatic carbocycles. The monoisotopic (exact) mass is 341 g/mol. The molecule has 8 nitrogen and oxygen atoms in total. The van der Waals surface area contributed by atoms with Crippen molar-refractivity contribution in [2.24, 2.45) is 0 Å². The third-order valence-electron chi connectivity index (χ3n) is 2.78. The van der Waals surface area contributed by atoms with Crippen LogP contribution in [0.5, 0.6) is 0 Å². The maximum absolute atomic E-state index is 12.8. The van der Waals surface area contributed by atoms with Crippen molar-refractivity contribution in [1.82, 2.24) is 20.3 Å². The lowest BCUT2D eigenvalue weighted by Gasteiger charge is -2.05. The maximum atomic E-state index is 12.8. The lowest BCUT2D eigenvalue weighted by molar-refractivity contribution is -0.121. The number of amides is 1. The topological polar surface area (TPSA) is 106 Å². The number of sulfonamides is 1. The molecule has 0 spiro atoms. The van der Waals surface area contributed by atoms with Crippen molar-refractivity contribution in [3.8, 4) is 0 Å². The number of benzene rings is 1. The fraction of sp³-hybridized carbons (Fsp3) is 0.308. The Bertz CT molecular complexity index is 773. The van der Waals surface area contributed by atoms with Gasteiger partial charge in [-0.2, -0.15) is 0 Å². The fourth-order valence-electron chi connectivity index (χ4n) is 1.81. The highest BCUT2D eigenvalue weighted by Gasteiger charge is 2.08. The van der Waals surface area contributed by atoms with Gasteiger partial charge in [-0.1, -0.05) is 17.3 Å². The van der Waals surface area contributed by atoms with E-state index in [2.05, 4.69) is 20.4 Å². The van der Waals surface area contributed by atoms with Crippen LogP contribution in [0.2, 0.25) is 0 Å². The molecule has 1 aromatic heterocycles. The van der Waals surface area contributed by atoms with Crippen LogP contribution in [0, 0.1) is 5.82 Å². The first-order valence-corrected chi connectivity index (χ1v) is 8.60. The van der Waals surface area contributed by atoms with Crippen LogP contribution in [0.25, 0.3) is 0 Å². The van der Waals surface area contributed by atoms with Crippen molar-refractivity contribution in [3.63, 3.8) is 0 Å². The summed E-state index contributed by atoms with van der Waals surface area (Å²) in [5.41, 5.74) is 0.909. The summed E-state index contributed by atoms with van der Waals surface area (Å²) in [6, 6.07) is 6.04. The Morgan fingerprint density at radius 3 is 2.65 bits per heavy atom. The van der Waals surface area contributed by atoms with Gasteiger partial charge >= 0.3 is 0 Å². The van der Waals surface area contributed by atoms with E-state index in [0.717, 1.165) is 11.8 Å². The summed E-state index contributed by atoms with van der Waals surface area (Å²) in [7, 11) is -3.43. The number of halogens is 1. The van der Waals surface area contributed by atoms with Crippen LogP contribution in [-0.4, -0.2) is 42.1 Å². The smallest absolute Gasteiger partial charge is 0.241 e. The summed E-state index contributed by atoms with van der Waals surface area (Å²) in [6.45, 7) is 0.315. The van der Waals surface area contributed by atoms with Crippen molar-refractivity contribution in [2.45, 2.75) is 13.0 Å². The van der Waals surface area contributed by atoms with E-state index >= 15 is 0 Å². The number of carbonyl (C=O) groups excluding carboxylic acids is 1. The molecule has 0 unspecified atom stereocenters. The summed E-state index contributed by atoms with van der Waals surface area (Å²) in [4.78, 5) is 11.8. The van der Waals surface area contributed by atoms with Gasteiger partial charge in [-0.05, 0) is 24.1 Å². The molecule has 2 aromatic rings. The Balaban J connectivity index is 1.77. The van der Waals surface area contributed by atoms with E-state index in [0.29, 0.717) is 13.0 Å². The number of nitrogens with zero attached hydrogens (tertiary/aromatic N) is 3. The number of hydrogen-bond donors (Lipinski definition) is 2. The average Bonchev–Trinajstić information content (AvgIpc) is 2.86. The molecule has 2 rings (SSSR count). The number of anilines is 1. The van der Waals surface area contributed by atoms with E-state index in [1.165, 1.54) is 23.0 Å². The number of carbonyl (C=O) groups is 1. The normalized spacial score (nSPS) is 11.2. The van der Waals surface area contributed by atoms with Gasteiger partial charge in [0, 0.05) is 6.54 Å². The second kappa shape index (κ2) is 7.18. The minimum atomic E-state index is -3.43. The summed E-state index contributed by atoms with van der Waals surface area (Å²) >= 11 is 0. The third-order valence-corrected chi connectivity index (χ3v) is 3.36. The first-order chi connectivity index (χ1) is 10.8. The summed E-state index contributed by atoms with van der Waals surface area (Å²) < 4.78 is 38.2. The lowest BCUT2D eigenvalue weighted by atomic mass is 10.1. The van der Waals surface area contributed by atoms with E-state index in [-0.39, 0.29) is 24.1 Å². The molecule has 0 aliphatic heterocycles. The van der Waals surface area contributed by atoms with Crippen molar-refractivity contribution in [3.05, 3.63) is 41.8 Å². The van der Waals surface area contributed by atoms with Crippen molar-refractivity contribution in [1.29, 1.82) is 0 Å². The number of nitrogens with one attached hydrogen (secondary N) is 2. The molecule has 124 valence electrons. The standard InChI is InChI=1S/C13H16FN5O3S/c1-23(21,22)17-12-8-19(18-16-12)9-13(20)15-7-6-10-2-4-11(14)5-3-10/h2-5,8,17H,6-7,9H2,1H3,(H,15,20). The predicted octanol–water partition coefficient (Wildman–Crippen LogP) is 0.148. The van der Waals surface area contributed by atoms with Crippen molar-refractivity contribution >= 4 is 21.7 Å². The van der Waals surface area contributed by atoms with Crippen molar-refractivity contribution in [2.75, 3.05) is 17.5 Å². The van der Waals surface area contributed by atoms with Gasteiger partial charge in [0.1, 0.15) is 12.4 Å². The zero-order valence-electron chi connectivity index (χ0n) is 12.4. The van der Waals surface area contributed by atoms with Gasteiger partial charge < -0.3 is 5.32 Å². The molecule has 0 aliphatic carbocycles. The van der Waals surface area contributed by atoms with E-state index < -0.39 is 10.0 Å². The molecule has 0 atom stereocenters. The number of aromatic nitrogens is 3. The van der Waals surface area contributed by atoms with E-state index in [9.17, 15) is 17.6 Å². The molecule has 23 heavy (non-hydrogen) atoms. The zero-order valence-corrected chi connectivity index (χ0v) is 13.2. The molecule has 0 saturated heterocycles. The Morgan fingerprint density at radius 1 is 1.30 bits per heavy atom. The third kappa shape index (κ3) is 6.02. The first-order valence-electron chi connectivity index (χ1n) is 6.71. The Morgan fingerprint density at radius 2 is 2.00 bits per heavy atom. The van der Waals surface area contributed by atoms with Gasteiger partial charge in [0.2, 0.25) is 15.9 Å². The van der Waals surface area contributed by atoms with Gasteiger partial charge in [-0.15, -0.1) is 5.10 Å². The van der Waals surface area contributed by atoms with Crippen LogP contribution in [0.3, 0.4) is 0 Å². The molecule has 0 saturated carbocycles. The molecular formula is C13H16FN5O3S. The van der Waals surface area contributed by atoms with Crippen molar-refractivity contribution < 1.29 is 17.6 Å². The van der Waals surface area contributed by atoms with E-state index in [1.807, 2.05) is 0 Å². The lowest BCUT2D eigenvalue weighted by Crippen LogP contribution is -2.29. The molecule has 1 amide bonds. The summed E-state index contributed by atoms with van der Waals surface area (Å²) in [6.07, 6.45) is 2.89. The molecule has 1 heterocycles.